The van der Waals surface area contributed by atoms with Crippen LogP contribution in [0.5, 0.6) is 0 Å². The molecule has 0 unspecified atom stereocenters. The van der Waals surface area contributed by atoms with Crippen molar-refractivity contribution >= 4 is 43.7 Å². The zero-order chi connectivity index (χ0) is 16.6. The fraction of sp³-hybridized carbons (Fsp3) is 0.588. The summed E-state index contributed by atoms with van der Waals surface area (Å²) in [6, 6.07) is 7.06. The van der Waals surface area contributed by atoms with Crippen molar-refractivity contribution in [2.75, 3.05) is 0 Å². The first kappa shape index (κ1) is 20.9. The summed E-state index contributed by atoms with van der Waals surface area (Å²) in [5.41, 5.74) is 2.79. The first-order valence-corrected chi connectivity index (χ1v) is 14.9. The van der Waals surface area contributed by atoms with Crippen LogP contribution < -0.4 is 4.46 Å². The Kier molecular flexibility index (Phi) is 10.2. The van der Waals surface area contributed by atoms with E-state index in [0.717, 1.165) is 0 Å². The van der Waals surface area contributed by atoms with Gasteiger partial charge in [-0.1, -0.05) is 0 Å². The number of benzene rings is 1. The van der Waals surface area contributed by atoms with E-state index < -0.39 is 20.8 Å². The molecule has 22 heavy (non-hydrogen) atoms. The molecule has 0 spiro atoms. The molecular formula is C17H24Cl2NSeZr. The Morgan fingerprint density at radius 2 is 1.77 bits per heavy atom. The van der Waals surface area contributed by atoms with E-state index >= 15 is 0 Å². The molecule has 0 heterocycles. The molecule has 1 saturated carbocycles. The van der Waals surface area contributed by atoms with Crippen LogP contribution in [-0.4, -0.2) is 28.3 Å². The van der Waals surface area contributed by atoms with Crippen molar-refractivity contribution in [1.82, 2.24) is 0 Å². The van der Waals surface area contributed by atoms with Crippen LogP contribution in [0.25, 0.3) is 0 Å². The second-order valence-electron chi connectivity index (χ2n) is 6.62. The predicted octanol–water partition coefficient (Wildman–Crippen LogP) is 4.91. The topological polar surface area (TPSA) is 12.4 Å². The molecule has 0 atom stereocenters. The van der Waals surface area contributed by atoms with Crippen molar-refractivity contribution in [3.05, 3.63) is 29.3 Å². The van der Waals surface area contributed by atoms with E-state index in [1.165, 1.54) is 47.7 Å². The number of rotatable bonds is 2. The van der Waals surface area contributed by atoms with E-state index in [1.807, 2.05) is 0 Å². The minimum absolute atomic E-state index is 0.176. The fourth-order valence-electron chi connectivity index (χ4n) is 2.66. The van der Waals surface area contributed by atoms with Crippen molar-refractivity contribution in [3.8, 4) is 0 Å². The minimum atomic E-state index is -0.826. The third kappa shape index (κ3) is 7.18. The summed E-state index contributed by atoms with van der Waals surface area (Å²) in [5.74, 6) is 0. The second kappa shape index (κ2) is 10.7. The van der Waals surface area contributed by atoms with Gasteiger partial charge in [0.15, 0.2) is 0 Å². The van der Waals surface area contributed by atoms with E-state index in [9.17, 15) is 0 Å². The number of halogens is 2. The summed E-state index contributed by atoms with van der Waals surface area (Å²) in [4.78, 5) is 4.79. The summed E-state index contributed by atoms with van der Waals surface area (Å²) in [6.07, 6.45) is 8.68. The van der Waals surface area contributed by atoms with Gasteiger partial charge in [-0.25, -0.2) is 0 Å². The maximum atomic E-state index is 4.93. The monoisotopic (exact) mass is 482 g/mol. The van der Waals surface area contributed by atoms with Crippen molar-refractivity contribution in [2.45, 2.75) is 64.3 Å². The van der Waals surface area contributed by atoms with E-state index in [0.29, 0.717) is 6.04 Å². The molecule has 0 saturated heterocycles. The average molecular weight is 483 g/mol. The van der Waals surface area contributed by atoms with Gasteiger partial charge in [0.25, 0.3) is 0 Å². The van der Waals surface area contributed by atoms with Gasteiger partial charge in [0.1, 0.15) is 0 Å². The van der Waals surface area contributed by atoms with Crippen molar-refractivity contribution < 1.29 is 20.8 Å². The SMILES string of the molecule is CC(C)(C)c1cccc(C=NC2CCCCC2)c1[Se].[Cl][Zr][Cl]. The van der Waals surface area contributed by atoms with Gasteiger partial charge in [0.2, 0.25) is 0 Å². The average Bonchev–Trinajstić information content (AvgIpc) is 2.47. The van der Waals surface area contributed by atoms with E-state index in [4.69, 9.17) is 22.0 Å². The van der Waals surface area contributed by atoms with Crippen LogP contribution >= 0.6 is 17.0 Å². The number of hydrogen-bond acceptors (Lipinski definition) is 1. The molecule has 0 N–H and O–H groups in total. The molecule has 5 heteroatoms. The summed E-state index contributed by atoms with van der Waals surface area (Å²) >= 11 is 2.42. The molecule has 1 aliphatic rings. The standard InChI is InChI=1S/C17H24NSe.2ClH.Zr/c1-17(2,3)15-11-7-8-13(16(15)19)12-18-14-9-5-4-6-10-14;;;/h7-8,11-12,14H,4-6,9-10H2,1-3H3;2*1H;/q;;;+2/p-2. The number of hydrogen-bond donors (Lipinski definition) is 0. The van der Waals surface area contributed by atoms with Crippen LogP contribution in [0.15, 0.2) is 23.2 Å². The van der Waals surface area contributed by atoms with Crippen molar-refractivity contribution in [2.24, 2.45) is 4.99 Å². The summed E-state index contributed by atoms with van der Waals surface area (Å²) in [5, 5.41) is 0. The fourth-order valence-corrected chi connectivity index (χ4v) is 3.70. The Balaban J connectivity index is 0.000000745. The van der Waals surface area contributed by atoms with Gasteiger partial charge in [-0.3, -0.25) is 0 Å². The van der Waals surface area contributed by atoms with Gasteiger partial charge < -0.3 is 0 Å². The van der Waals surface area contributed by atoms with Crippen LogP contribution in [0.2, 0.25) is 0 Å². The molecule has 1 aromatic carbocycles. The number of nitrogens with zero attached hydrogens (tertiary/aromatic N) is 1. The van der Waals surface area contributed by atoms with Crippen LogP contribution in [0.3, 0.4) is 0 Å². The zero-order valence-corrected chi connectivity index (χ0v) is 19.2. The van der Waals surface area contributed by atoms with E-state index in [1.54, 1.807) is 0 Å². The van der Waals surface area contributed by atoms with Gasteiger partial charge in [-0.05, 0) is 0 Å². The molecule has 1 aliphatic carbocycles. The van der Waals surface area contributed by atoms with Gasteiger partial charge >= 0.3 is 163 Å². The van der Waals surface area contributed by atoms with E-state index in [-0.39, 0.29) is 5.41 Å². The molecule has 1 radical (unpaired) electrons. The maximum absolute atomic E-state index is 4.93. The molecular weight excluding hydrogens is 459 g/mol. The normalized spacial score (nSPS) is 16.2. The summed E-state index contributed by atoms with van der Waals surface area (Å²) in [6.45, 7) is 6.77. The van der Waals surface area contributed by atoms with Crippen LogP contribution in [0, 0.1) is 0 Å². The second-order valence-corrected chi connectivity index (χ2v) is 11.2. The Bertz CT molecular complexity index is 480. The number of aliphatic imine (C=N–C) groups is 1. The molecule has 121 valence electrons. The van der Waals surface area contributed by atoms with Gasteiger partial charge in [0, 0.05) is 0 Å². The Morgan fingerprint density at radius 1 is 1.18 bits per heavy atom. The van der Waals surface area contributed by atoms with Crippen LogP contribution in [0.4, 0.5) is 0 Å². The molecule has 0 amide bonds. The van der Waals surface area contributed by atoms with Gasteiger partial charge in [-0.15, -0.1) is 0 Å². The molecule has 1 aromatic rings. The first-order chi connectivity index (χ1) is 10.4. The third-order valence-electron chi connectivity index (χ3n) is 3.85. The summed E-state index contributed by atoms with van der Waals surface area (Å²) in [7, 11) is 9.87. The van der Waals surface area contributed by atoms with E-state index in [2.05, 4.69) is 61.2 Å². The predicted molar refractivity (Wildman–Crippen MR) is 96.7 cm³/mol. The summed E-state index contributed by atoms with van der Waals surface area (Å²) < 4.78 is 1.26. The molecule has 1 fully saturated rings. The Morgan fingerprint density at radius 3 is 2.32 bits per heavy atom. The van der Waals surface area contributed by atoms with Gasteiger partial charge in [0.05, 0.1) is 0 Å². The quantitative estimate of drug-likeness (QED) is 0.419. The molecule has 0 aliphatic heterocycles. The molecule has 1 nitrogen and oxygen atoms in total. The third-order valence-corrected chi connectivity index (χ3v) is 4.81. The van der Waals surface area contributed by atoms with Crippen LogP contribution in [-0.2, 0) is 26.3 Å². The Hall–Kier alpha value is 0.873. The van der Waals surface area contributed by atoms with Crippen LogP contribution in [0.1, 0.15) is 64.0 Å². The Labute approximate surface area is 162 Å². The van der Waals surface area contributed by atoms with Gasteiger partial charge in [-0.2, -0.15) is 0 Å². The first-order valence-electron chi connectivity index (χ1n) is 7.70. The van der Waals surface area contributed by atoms with Crippen molar-refractivity contribution in [1.29, 1.82) is 0 Å². The van der Waals surface area contributed by atoms with Crippen molar-refractivity contribution in [3.63, 3.8) is 0 Å². The molecule has 0 bridgehead atoms. The molecule has 0 aromatic heterocycles. The molecule has 2 rings (SSSR count). The zero-order valence-electron chi connectivity index (χ0n) is 13.5.